The molecule has 2 heterocycles. The van der Waals surface area contributed by atoms with Crippen LogP contribution in [0.4, 0.5) is 4.39 Å². The lowest BCUT2D eigenvalue weighted by Gasteiger charge is -2.31. The minimum atomic E-state index is -0.300. The number of hydrogen-bond acceptors (Lipinski definition) is 4. The topological polar surface area (TPSA) is 27.7 Å². The highest BCUT2D eigenvalue weighted by Crippen LogP contribution is 2.28. The fourth-order valence-electron chi connectivity index (χ4n) is 3.34. The molecule has 4 nitrogen and oxygen atoms in total. The zero-order valence-corrected chi connectivity index (χ0v) is 13.7. The monoisotopic (exact) mass is 328 g/mol. The molecule has 1 saturated carbocycles. The summed E-state index contributed by atoms with van der Waals surface area (Å²) in [6.45, 7) is 4.33. The van der Waals surface area contributed by atoms with Crippen LogP contribution >= 0.6 is 0 Å². The minimum absolute atomic E-state index is 0.290. The van der Waals surface area contributed by atoms with E-state index in [1.807, 2.05) is 12.2 Å². The van der Waals surface area contributed by atoms with Crippen molar-refractivity contribution < 1.29 is 9.13 Å². The van der Waals surface area contributed by atoms with Crippen LogP contribution in [0.5, 0.6) is 5.75 Å². The van der Waals surface area contributed by atoms with Crippen molar-refractivity contribution in [3.63, 3.8) is 0 Å². The summed E-state index contributed by atoms with van der Waals surface area (Å²) in [6.07, 6.45) is 10.7. The second-order valence-electron chi connectivity index (χ2n) is 6.60. The number of nitrogens with one attached hydrogen (secondary N) is 1. The summed E-state index contributed by atoms with van der Waals surface area (Å²) in [5.74, 6) is 1.20. The Labute approximate surface area is 142 Å². The van der Waals surface area contributed by atoms with Gasteiger partial charge in [0.25, 0.3) is 0 Å². The molecule has 1 aromatic rings. The van der Waals surface area contributed by atoms with Gasteiger partial charge >= 0.3 is 0 Å². The molecule has 1 atom stereocenters. The summed E-state index contributed by atoms with van der Waals surface area (Å²) in [4.78, 5) is 4.95. The molecule has 1 aliphatic carbocycles. The highest BCUT2D eigenvalue weighted by atomic mass is 19.1. The van der Waals surface area contributed by atoms with Crippen LogP contribution in [0.15, 0.2) is 42.2 Å². The first-order valence-corrected chi connectivity index (χ1v) is 8.76. The summed E-state index contributed by atoms with van der Waals surface area (Å²) >= 11 is 0. The third kappa shape index (κ3) is 3.73. The number of ether oxygens (including phenoxy) is 1. The number of halogens is 1. The first kappa shape index (κ1) is 15.5. The first-order valence-electron chi connectivity index (χ1n) is 8.76. The predicted octanol–water partition coefficient (Wildman–Crippen LogP) is 2.50. The third-order valence-corrected chi connectivity index (χ3v) is 4.74. The number of dihydropyridines is 1. The molecule has 1 saturated heterocycles. The van der Waals surface area contributed by atoms with Gasteiger partial charge < -0.3 is 15.0 Å². The summed E-state index contributed by atoms with van der Waals surface area (Å²) in [7, 11) is 0. The highest BCUT2D eigenvalue weighted by Gasteiger charge is 2.30. The van der Waals surface area contributed by atoms with Crippen LogP contribution in [0, 0.1) is 11.9 Å². The molecule has 1 aromatic carbocycles. The van der Waals surface area contributed by atoms with E-state index in [1.54, 1.807) is 12.1 Å². The van der Waals surface area contributed by atoms with Crippen LogP contribution < -0.4 is 10.1 Å². The molecule has 0 spiro atoms. The number of benzene rings is 1. The average Bonchev–Trinajstić information content (AvgIpc) is 3.41. The zero-order valence-electron chi connectivity index (χ0n) is 13.7. The van der Waals surface area contributed by atoms with Gasteiger partial charge in [-0.25, -0.2) is 4.39 Å². The Morgan fingerprint density at radius 2 is 2.08 bits per heavy atom. The second-order valence-corrected chi connectivity index (χ2v) is 6.60. The molecular formula is C19H23FN3O. The summed E-state index contributed by atoms with van der Waals surface area (Å²) < 4.78 is 19.1. The molecular weight excluding hydrogens is 305 g/mol. The van der Waals surface area contributed by atoms with E-state index in [-0.39, 0.29) is 12.0 Å². The standard InChI is InChI=1S/C19H23FN3O/c20-15-4-1-5-17(14-15)24-19-7-2-6-18(21-19)23-11-3-10-22(12-13-23)16-8-9-16/h1-2,4-5,7,14,16,19,21H,3,8-13H2. The average molecular weight is 328 g/mol. The van der Waals surface area contributed by atoms with Gasteiger partial charge in [-0.15, -0.1) is 0 Å². The van der Waals surface area contributed by atoms with E-state index in [1.165, 1.54) is 37.9 Å². The van der Waals surface area contributed by atoms with Crippen molar-refractivity contribution in [3.05, 3.63) is 54.1 Å². The van der Waals surface area contributed by atoms with Crippen molar-refractivity contribution in [2.45, 2.75) is 31.5 Å². The maximum Gasteiger partial charge on any atom is 0.190 e. The Balaban J connectivity index is 1.36. The van der Waals surface area contributed by atoms with E-state index in [9.17, 15) is 4.39 Å². The van der Waals surface area contributed by atoms with E-state index in [2.05, 4.69) is 21.2 Å². The largest absolute Gasteiger partial charge is 0.467 e. The molecule has 1 unspecified atom stereocenters. The Kier molecular flexibility index (Phi) is 4.43. The molecule has 0 aromatic heterocycles. The zero-order chi connectivity index (χ0) is 16.4. The van der Waals surface area contributed by atoms with Gasteiger partial charge in [0.1, 0.15) is 17.4 Å². The second kappa shape index (κ2) is 6.85. The fraction of sp³-hybridized carbons (Fsp3) is 0.474. The van der Waals surface area contributed by atoms with E-state index in [0.717, 1.165) is 31.5 Å². The maximum absolute atomic E-state index is 13.3. The Morgan fingerprint density at radius 1 is 1.17 bits per heavy atom. The lowest BCUT2D eigenvalue weighted by atomic mass is 10.3. The van der Waals surface area contributed by atoms with Crippen molar-refractivity contribution in [1.82, 2.24) is 15.1 Å². The van der Waals surface area contributed by atoms with Gasteiger partial charge in [0, 0.05) is 44.4 Å². The SMILES string of the molecule is Fc1cccc(OC2C=C[C]=C(N3CCCN(C4CC4)CC3)N2)c1. The molecule has 3 aliphatic rings. The molecule has 127 valence electrons. The molecule has 1 radical (unpaired) electrons. The van der Waals surface area contributed by atoms with Crippen molar-refractivity contribution in [2.24, 2.45) is 0 Å². The van der Waals surface area contributed by atoms with Crippen LogP contribution in [0.2, 0.25) is 0 Å². The van der Waals surface area contributed by atoms with Crippen LogP contribution in [0.1, 0.15) is 19.3 Å². The molecule has 0 bridgehead atoms. The molecule has 2 fully saturated rings. The molecule has 5 heteroatoms. The lowest BCUT2D eigenvalue weighted by molar-refractivity contribution is 0.192. The van der Waals surface area contributed by atoms with Gasteiger partial charge in [0.2, 0.25) is 0 Å². The van der Waals surface area contributed by atoms with Crippen LogP contribution in [0.25, 0.3) is 0 Å². The van der Waals surface area contributed by atoms with Gasteiger partial charge in [0.15, 0.2) is 6.23 Å². The van der Waals surface area contributed by atoms with Gasteiger partial charge in [-0.2, -0.15) is 0 Å². The maximum atomic E-state index is 13.3. The summed E-state index contributed by atoms with van der Waals surface area (Å²) in [5, 5.41) is 3.36. The molecule has 0 amide bonds. The molecule has 1 N–H and O–H groups in total. The number of nitrogens with zero attached hydrogens (tertiary/aromatic N) is 2. The molecule has 2 aliphatic heterocycles. The summed E-state index contributed by atoms with van der Waals surface area (Å²) in [5.41, 5.74) is 0. The van der Waals surface area contributed by atoms with Crippen LogP contribution in [0.3, 0.4) is 0 Å². The normalized spacial score (nSPS) is 25.0. The van der Waals surface area contributed by atoms with Gasteiger partial charge in [-0.1, -0.05) is 6.07 Å². The van der Waals surface area contributed by atoms with Crippen molar-refractivity contribution in [2.75, 3.05) is 26.2 Å². The van der Waals surface area contributed by atoms with E-state index in [0.29, 0.717) is 5.75 Å². The van der Waals surface area contributed by atoms with E-state index < -0.39 is 0 Å². The van der Waals surface area contributed by atoms with Gasteiger partial charge in [-0.05, 0) is 43.5 Å². The Morgan fingerprint density at radius 3 is 2.92 bits per heavy atom. The van der Waals surface area contributed by atoms with Crippen LogP contribution in [-0.4, -0.2) is 48.2 Å². The van der Waals surface area contributed by atoms with Crippen LogP contribution in [-0.2, 0) is 0 Å². The predicted molar refractivity (Wildman–Crippen MR) is 90.6 cm³/mol. The van der Waals surface area contributed by atoms with E-state index >= 15 is 0 Å². The highest BCUT2D eigenvalue weighted by molar-refractivity contribution is 5.24. The Bertz CT molecular complexity index is 641. The summed E-state index contributed by atoms with van der Waals surface area (Å²) in [6, 6.07) is 7.06. The lowest BCUT2D eigenvalue weighted by Crippen LogP contribution is -2.42. The fourth-order valence-corrected chi connectivity index (χ4v) is 3.34. The third-order valence-electron chi connectivity index (χ3n) is 4.74. The van der Waals surface area contributed by atoms with Crippen molar-refractivity contribution >= 4 is 0 Å². The van der Waals surface area contributed by atoms with E-state index in [4.69, 9.17) is 4.74 Å². The number of rotatable bonds is 4. The van der Waals surface area contributed by atoms with Gasteiger partial charge in [-0.3, -0.25) is 4.90 Å². The van der Waals surface area contributed by atoms with Crippen molar-refractivity contribution in [1.29, 1.82) is 0 Å². The smallest absolute Gasteiger partial charge is 0.190 e. The first-order chi connectivity index (χ1) is 11.8. The number of hydrogen-bond donors (Lipinski definition) is 1. The molecule has 24 heavy (non-hydrogen) atoms. The molecule has 4 rings (SSSR count). The van der Waals surface area contributed by atoms with Gasteiger partial charge in [0.05, 0.1) is 0 Å². The Hall–Kier alpha value is -2.01. The quantitative estimate of drug-likeness (QED) is 0.919. The number of allylic oxidation sites excluding steroid dienone is 2. The minimum Gasteiger partial charge on any atom is -0.467 e. The van der Waals surface area contributed by atoms with Crippen molar-refractivity contribution in [3.8, 4) is 5.75 Å².